The van der Waals surface area contributed by atoms with Crippen molar-refractivity contribution >= 4 is 40.6 Å². The van der Waals surface area contributed by atoms with Gasteiger partial charge in [-0.3, -0.25) is 14.6 Å². The maximum Gasteiger partial charge on any atom is 0.408 e. The number of carbonyl (C=O) groups excluding carboxylic acids is 4. The van der Waals surface area contributed by atoms with Crippen LogP contribution in [0.15, 0.2) is 42.6 Å². The average Bonchev–Trinajstić information content (AvgIpc) is 3.47. The van der Waals surface area contributed by atoms with Crippen molar-refractivity contribution in [2.45, 2.75) is 134 Å². The number of amides is 1. The monoisotopic (exact) mass is 781 g/mol. The third-order valence-corrected chi connectivity index (χ3v) is 12.4. The molecule has 2 aliphatic heterocycles. The maximum absolute atomic E-state index is 16.9. The number of halogens is 1. The Morgan fingerprint density at radius 2 is 1.75 bits per heavy atom. The molecule has 13 heteroatoms. The van der Waals surface area contributed by atoms with Crippen molar-refractivity contribution in [2.75, 3.05) is 20.7 Å². The normalized spacial score (nSPS) is 38.9. The van der Waals surface area contributed by atoms with Gasteiger partial charge in [-0.05, 0) is 84.2 Å². The summed E-state index contributed by atoms with van der Waals surface area (Å²) in [6, 6.07) is 8.54. The van der Waals surface area contributed by atoms with Gasteiger partial charge in [-0.1, -0.05) is 65.0 Å². The molecule has 1 saturated carbocycles. The lowest BCUT2D eigenvalue weighted by molar-refractivity contribution is -0.212. The molecule has 0 bridgehead atoms. The first-order valence-corrected chi connectivity index (χ1v) is 19.9. The number of carbonyl (C=O) groups is 4. The Morgan fingerprint density at radius 3 is 2.43 bits per heavy atom. The Kier molecular flexibility index (Phi) is 13.1. The number of hydrogen-bond acceptors (Lipinski definition) is 11. The summed E-state index contributed by atoms with van der Waals surface area (Å²) in [5.74, 6) is -5.53. The van der Waals surface area contributed by atoms with Gasteiger partial charge in [0.15, 0.2) is 11.4 Å². The molecular weight excluding hydrogens is 721 g/mol. The van der Waals surface area contributed by atoms with E-state index in [2.05, 4.69) is 17.2 Å². The number of nitrogens with one attached hydrogen (secondary N) is 1. The molecule has 308 valence electrons. The van der Waals surface area contributed by atoms with Crippen LogP contribution in [0.5, 0.6) is 0 Å². The van der Waals surface area contributed by atoms with E-state index in [1.165, 1.54) is 6.92 Å². The number of pyridine rings is 1. The van der Waals surface area contributed by atoms with E-state index in [4.69, 9.17) is 18.9 Å². The molecule has 0 radical (unpaired) electrons. The molecule has 3 heterocycles. The number of fused-ring (bicyclic) bond motifs is 2. The zero-order chi connectivity index (χ0) is 41.3. The molecule has 2 saturated heterocycles. The highest BCUT2D eigenvalue weighted by Gasteiger charge is 2.59. The van der Waals surface area contributed by atoms with Gasteiger partial charge in [-0.25, -0.2) is 14.0 Å². The molecular formula is C43H60FN3O9. The van der Waals surface area contributed by atoms with Crippen molar-refractivity contribution in [2.24, 2.45) is 23.7 Å². The molecule has 1 aromatic heterocycles. The number of ketones is 2. The molecule has 13 atom stereocenters. The lowest BCUT2D eigenvalue weighted by Gasteiger charge is -2.47. The van der Waals surface area contributed by atoms with E-state index >= 15 is 4.39 Å². The van der Waals surface area contributed by atoms with E-state index in [-0.39, 0.29) is 37.2 Å². The number of aliphatic hydroxyl groups excluding tert-OH is 1. The number of alkyl carbamates (subject to hydrolysis) is 1. The summed E-state index contributed by atoms with van der Waals surface area (Å²) in [7, 11) is 3.75. The molecule has 56 heavy (non-hydrogen) atoms. The van der Waals surface area contributed by atoms with Gasteiger partial charge >= 0.3 is 12.1 Å². The lowest BCUT2D eigenvalue weighted by atomic mass is 9.73. The Morgan fingerprint density at radius 1 is 1.05 bits per heavy atom. The number of aromatic nitrogens is 1. The number of rotatable bonds is 8. The standard InChI is InChI=1S/C43H60FN3O9/c1-11-33-43(8)36(46-40(52)56-43)26(4)34(48)25(3)22-41(6,53-18-14-15-28-21-29-16-12-13-17-30(29)45-23-28)38(27(5)37(50)42(7,44)39(51)55-33)54-32-20-24(2)19-31(35(32)49)47(9)10/h12-17,21,23-27,31-33,35-36,38,49H,11,18-20,22H2,1-10H3,(H,46,52)/b15-14+/t24-,25-,26-,27+,31+,32-,33+,35-,36-,38-,41+,42?,43-/m1/s1. The summed E-state index contributed by atoms with van der Waals surface area (Å²) >= 11 is 0. The molecule has 3 fully saturated rings. The quantitative estimate of drug-likeness (QED) is 0.245. The lowest BCUT2D eigenvalue weighted by Crippen LogP contribution is -2.61. The van der Waals surface area contributed by atoms with Crippen molar-refractivity contribution in [3.05, 3.63) is 48.2 Å². The minimum atomic E-state index is -3.15. The number of likely N-dealkylation sites (N-methyl/N-ethyl adjacent to an activating group) is 1. The van der Waals surface area contributed by atoms with Crippen molar-refractivity contribution in [3.8, 4) is 0 Å². The van der Waals surface area contributed by atoms with Gasteiger partial charge in [-0.2, -0.15) is 0 Å². The summed E-state index contributed by atoms with van der Waals surface area (Å²) in [6.45, 7) is 12.8. The van der Waals surface area contributed by atoms with Crippen LogP contribution in [0.25, 0.3) is 17.0 Å². The number of para-hydroxylation sites is 1. The fraction of sp³-hybridized carbons (Fsp3) is 0.651. The second-order valence-corrected chi connectivity index (χ2v) is 17.1. The molecule has 0 spiro atoms. The second-order valence-electron chi connectivity index (χ2n) is 17.1. The van der Waals surface area contributed by atoms with Crippen molar-refractivity contribution in [1.82, 2.24) is 15.2 Å². The Hall–Kier alpha value is -3.78. The highest BCUT2D eigenvalue weighted by molar-refractivity contribution is 6.08. The van der Waals surface area contributed by atoms with Crippen LogP contribution in [0, 0.1) is 23.7 Å². The number of hydrogen-bond donors (Lipinski definition) is 2. The van der Waals surface area contributed by atoms with E-state index in [1.807, 2.05) is 55.4 Å². The first kappa shape index (κ1) is 43.3. The summed E-state index contributed by atoms with van der Waals surface area (Å²) in [4.78, 5) is 61.8. The number of Topliss-reactive ketones (excluding diaryl/α,β-unsaturated/α-hetero) is 2. The first-order chi connectivity index (χ1) is 26.2. The van der Waals surface area contributed by atoms with Crippen LogP contribution in [0.2, 0.25) is 0 Å². The van der Waals surface area contributed by atoms with E-state index in [0.717, 1.165) is 23.4 Å². The van der Waals surface area contributed by atoms with Gasteiger partial charge in [0.25, 0.3) is 5.67 Å². The molecule has 12 nitrogen and oxygen atoms in total. The molecule has 5 rings (SSSR count). The van der Waals surface area contributed by atoms with Gasteiger partial charge < -0.3 is 34.3 Å². The highest BCUT2D eigenvalue weighted by atomic mass is 19.1. The highest BCUT2D eigenvalue weighted by Crippen LogP contribution is 2.42. The van der Waals surface area contributed by atoms with Crippen molar-refractivity contribution < 1.29 is 47.6 Å². The zero-order valence-electron chi connectivity index (χ0n) is 34.4. The molecule has 1 unspecified atom stereocenters. The maximum atomic E-state index is 16.9. The van der Waals surface area contributed by atoms with Gasteiger partial charge in [0, 0.05) is 35.4 Å². The number of esters is 1. The Balaban J connectivity index is 1.58. The first-order valence-electron chi connectivity index (χ1n) is 19.9. The average molecular weight is 782 g/mol. The van der Waals surface area contributed by atoms with Gasteiger partial charge in [-0.15, -0.1) is 0 Å². The SMILES string of the molecule is CC[C@@H]1OC(=O)C(C)(F)C(=O)[C@H](C)[C@@H](O[C@@H]2C[C@H](C)C[C@H](N(C)C)[C@H]2O)[C@@](C)(OC/C=C/c2cnc3ccccc3c2)C[C@@H](C)C(=O)[C@@H](C)[C@H]2NC(=O)O[C@]12C. The third-order valence-electron chi connectivity index (χ3n) is 12.4. The van der Waals surface area contributed by atoms with Crippen LogP contribution >= 0.6 is 0 Å². The van der Waals surface area contributed by atoms with Crippen molar-refractivity contribution in [3.63, 3.8) is 0 Å². The summed E-state index contributed by atoms with van der Waals surface area (Å²) in [5, 5.41) is 15.4. The minimum absolute atomic E-state index is 0.00220. The number of alkyl halides is 1. The molecule has 3 aliphatic rings. The molecule has 2 N–H and O–H groups in total. The van der Waals surface area contributed by atoms with Gasteiger partial charge in [0.1, 0.15) is 11.9 Å². The summed E-state index contributed by atoms with van der Waals surface area (Å²) in [5.41, 5.74) is -4.48. The predicted octanol–water partition coefficient (Wildman–Crippen LogP) is 5.87. The van der Waals surface area contributed by atoms with Gasteiger partial charge in [0.2, 0.25) is 0 Å². The van der Waals surface area contributed by atoms with Crippen LogP contribution in [0.1, 0.15) is 86.6 Å². The topological polar surface area (TPSA) is 154 Å². The second kappa shape index (κ2) is 17.0. The van der Waals surface area contributed by atoms with E-state index in [9.17, 15) is 24.3 Å². The molecule has 2 aromatic rings. The van der Waals surface area contributed by atoms with Crippen LogP contribution in [0.4, 0.5) is 9.18 Å². The number of benzene rings is 1. The van der Waals surface area contributed by atoms with Crippen LogP contribution in [0.3, 0.4) is 0 Å². The van der Waals surface area contributed by atoms with Crippen molar-refractivity contribution in [1.29, 1.82) is 0 Å². The smallest absolute Gasteiger partial charge is 0.408 e. The fourth-order valence-electron chi connectivity index (χ4n) is 9.21. The van der Waals surface area contributed by atoms with E-state index in [1.54, 1.807) is 46.9 Å². The third kappa shape index (κ3) is 8.71. The number of aliphatic hydroxyl groups is 1. The van der Waals surface area contributed by atoms with Crippen LogP contribution in [-0.2, 0) is 33.3 Å². The Labute approximate surface area is 329 Å². The predicted molar refractivity (Wildman–Crippen MR) is 209 cm³/mol. The number of cyclic esters (lactones) is 1. The number of ether oxygens (including phenoxy) is 4. The van der Waals surface area contributed by atoms with Crippen LogP contribution in [-0.4, -0.2) is 113 Å². The molecule has 1 aliphatic carbocycles. The largest absolute Gasteiger partial charge is 0.455 e. The number of nitrogens with zero attached hydrogens (tertiary/aromatic N) is 2. The van der Waals surface area contributed by atoms with Crippen LogP contribution < -0.4 is 5.32 Å². The summed E-state index contributed by atoms with van der Waals surface area (Å²) < 4.78 is 41.8. The van der Waals surface area contributed by atoms with E-state index < -0.39 is 82.9 Å². The summed E-state index contributed by atoms with van der Waals surface area (Å²) in [6.07, 6.45) is 1.70. The zero-order valence-corrected chi connectivity index (χ0v) is 34.4. The minimum Gasteiger partial charge on any atom is -0.455 e. The molecule has 1 amide bonds. The molecule has 1 aromatic carbocycles. The van der Waals surface area contributed by atoms with Gasteiger partial charge in [0.05, 0.1) is 42.1 Å². The Bertz CT molecular complexity index is 1800. The van der Waals surface area contributed by atoms with E-state index in [0.29, 0.717) is 12.8 Å². The fourth-order valence-corrected chi connectivity index (χ4v) is 9.21.